The average Bonchev–Trinajstić information content (AvgIpc) is 3.50. The Morgan fingerprint density at radius 3 is 2.77 bits per heavy atom. The molecule has 0 saturated heterocycles. The average molecular weight is 527 g/mol. The van der Waals surface area contributed by atoms with E-state index in [0.29, 0.717) is 22.4 Å². The van der Waals surface area contributed by atoms with Gasteiger partial charge in [-0.05, 0) is 53.9 Å². The summed E-state index contributed by atoms with van der Waals surface area (Å²) in [6, 6.07) is 17.7. The summed E-state index contributed by atoms with van der Waals surface area (Å²) >= 11 is 7.71. The number of hydrogen-bond acceptors (Lipinski definition) is 5. The number of imidazole rings is 1. The maximum Gasteiger partial charge on any atom is 0.266 e. The van der Waals surface area contributed by atoms with Gasteiger partial charge in [0.1, 0.15) is 5.75 Å². The molecule has 2 heterocycles. The van der Waals surface area contributed by atoms with E-state index in [1.54, 1.807) is 17.4 Å². The van der Waals surface area contributed by atoms with Crippen molar-refractivity contribution in [2.45, 2.75) is 19.9 Å². The summed E-state index contributed by atoms with van der Waals surface area (Å²) in [7, 11) is 0. The fraction of sp³-hybridized carbons (Fsp3) is 0.192. The smallest absolute Gasteiger partial charge is 0.266 e. The molecule has 0 aliphatic heterocycles. The van der Waals surface area contributed by atoms with Crippen molar-refractivity contribution in [2.75, 3.05) is 18.1 Å². The van der Waals surface area contributed by atoms with Gasteiger partial charge < -0.3 is 9.30 Å². The molecule has 3 aromatic carbocycles. The quantitative estimate of drug-likeness (QED) is 0.230. The van der Waals surface area contributed by atoms with Crippen molar-refractivity contribution in [2.24, 2.45) is 0 Å². The third-order valence-corrected chi connectivity index (χ3v) is 6.85. The minimum Gasteiger partial charge on any atom is -0.484 e. The third-order valence-electron chi connectivity index (χ3n) is 5.61. The van der Waals surface area contributed by atoms with Gasteiger partial charge in [0.15, 0.2) is 11.7 Å². The minimum atomic E-state index is -0.137. The molecule has 0 aliphatic carbocycles. The summed E-state index contributed by atoms with van der Waals surface area (Å²) < 4.78 is 8.85. The molecule has 5 aromatic rings. The second-order valence-electron chi connectivity index (χ2n) is 8.06. The van der Waals surface area contributed by atoms with Gasteiger partial charge >= 0.3 is 0 Å². The van der Waals surface area contributed by atoms with Crippen LogP contribution in [0.25, 0.3) is 21.0 Å². The standard InChI is InChI=1S/C26H23ClN4O2S.ClH/c1-18-13-21(27)15-23-25(18)29-26(34-23)31(11-4-10-30-12-9-28-17-30)24(32)16-33-22-8-7-19-5-2-3-6-20(19)14-22;/h2-3,5-9,12-15,17H,4,10-11,16H2,1H3;1H. The number of aryl methyl sites for hydroxylation is 2. The van der Waals surface area contributed by atoms with Crippen molar-refractivity contribution in [3.8, 4) is 5.75 Å². The molecule has 0 bridgehead atoms. The van der Waals surface area contributed by atoms with Gasteiger partial charge in [-0.25, -0.2) is 9.97 Å². The van der Waals surface area contributed by atoms with Crippen LogP contribution < -0.4 is 9.64 Å². The molecule has 0 atom stereocenters. The molecule has 0 unspecified atom stereocenters. The predicted octanol–water partition coefficient (Wildman–Crippen LogP) is 6.53. The van der Waals surface area contributed by atoms with E-state index < -0.39 is 0 Å². The Balaban J connectivity index is 0.00000289. The number of anilines is 1. The third kappa shape index (κ3) is 5.75. The maximum atomic E-state index is 13.3. The van der Waals surface area contributed by atoms with Gasteiger partial charge in [0.2, 0.25) is 0 Å². The normalized spacial score (nSPS) is 10.9. The number of nitrogens with zero attached hydrogens (tertiary/aromatic N) is 4. The second-order valence-corrected chi connectivity index (χ2v) is 9.51. The van der Waals surface area contributed by atoms with E-state index in [1.807, 2.05) is 72.3 Å². The largest absolute Gasteiger partial charge is 0.484 e. The molecule has 0 saturated carbocycles. The molecular formula is C26H24Cl2N4O2S. The van der Waals surface area contributed by atoms with Crippen LogP contribution in [0.15, 0.2) is 73.3 Å². The van der Waals surface area contributed by atoms with Gasteiger partial charge in [0.25, 0.3) is 5.91 Å². The Hall–Kier alpha value is -3.13. The summed E-state index contributed by atoms with van der Waals surface area (Å²) in [6.45, 7) is 3.18. The molecular weight excluding hydrogens is 503 g/mol. The van der Waals surface area contributed by atoms with Crippen molar-refractivity contribution >= 4 is 67.4 Å². The molecule has 6 nitrogen and oxygen atoms in total. The van der Waals surface area contributed by atoms with Crippen LogP contribution in [0.4, 0.5) is 5.13 Å². The maximum absolute atomic E-state index is 13.3. The predicted molar refractivity (Wildman–Crippen MR) is 145 cm³/mol. The topological polar surface area (TPSA) is 60.2 Å². The zero-order chi connectivity index (χ0) is 23.5. The number of benzene rings is 3. The molecule has 5 rings (SSSR count). The van der Waals surface area contributed by atoms with Crippen LogP contribution in [0.1, 0.15) is 12.0 Å². The van der Waals surface area contributed by atoms with E-state index in [9.17, 15) is 4.79 Å². The van der Waals surface area contributed by atoms with Gasteiger partial charge in [0, 0.05) is 30.5 Å². The van der Waals surface area contributed by atoms with Crippen molar-refractivity contribution in [1.29, 1.82) is 0 Å². The highest BCUT2D eigenvalue weighted by Crippen LogP contribution is 2.33. The lowest BCUT2D eigenvalue weighted by molar-refractivity contribution is -0.120. The number of ether oxygens (including phenoxy) is 1. The molecule has 35 heavy (non-hydrogen) atoms. The summed E-state index contributed by atoms with van der Waals surface area (Å²) in [5.74, 6) is 0.527. The van der Waals surface area contributed by atoms with Crippen LogP contribution in [-0.4, -0.2) is 33.6 Å². The Morgan fingerprint density at radius 1 is 1.14 bits per heavy atom. The molecule has 0 N–H and O–H groups in total. The van der Waals surface area contributed by atoms with Crippen LogP contribution in [0, 0.1) is 6.92 Å². The summed E-state index contributed by atoms with van der Waals surface area (Å²) in [5.41, 5.74) is 1.86. The number of carbonyl (C=O) groups excluding carboxylic acids is 1. The van der Waals surface area contributed by atoms with E-state index in [1.165, 1.54) is 11.3 Å². The first kappa shape index (κ1) is 25.0. The molecule has 0 radical (unpaired) electrons. The Kier molecular flexibility index (Phi) is 7.90. The second kappa shape index (κ2) is 11.1. The first-order chi connectivity index (χ1) is 16.6. The highest BCUT2D eigenvalue weighted by molar-refractivity contribution is 7.22. The van der Waals surface area contributed by atoms with Crippen LogP contribution in [0.5, 0.6) is 5.75 Å². The lowest BCUT2D eigenvalue weighted by atomic mass is 10.1. The van der Waals surface area contributed by atoms with E-state index in [4.69, 9.17) is 21.3 Å². The molecule has 0 fully saturated rings. The lowest BCUT2D eigenvalue weighted by Crippen LogP contribution is -2.36. The SMILES string of the molecule is Cc1cc(Cl)cc2sc(N(CCCn3ccnc3)C(=O)COc3ccc4ccccc4c3)nc12.Cl. The molecule has 0 spiro atoms. The van der Waals surface area contributed by atoms with Gasteiger partial charge in [-0.2, -0.15) is 0 Å². The number of thiazole rings is 1. The van der Waals surface area contributed by atoms with Crippen LogP contribution in [0.3, 0.4) is 0 Å². The summed E-state index contributed by atoms with van der Waals surface area (Å²) in [4.78, 5) is 23.9. The molecule has 1 amide bonds. The first-order valence-corrected chi connectivity index (χ1v) is 12.2. The van der Waals surface area contributed by atoms with Crippen LogP contribution in [0.2, 0.25) is 5.02 Å². The van der Waals surface area contributed by atoms with Gasteiger partial charge in [0.05, 0.1) is 16.5 Å². The van der Waals surface area contributed by atoms with Crippen LogP contribution in [-0.2, 0) is 11.3 Å². The fourth-order valence-electron chi connectivity index (χ4n) is 3.90. The number of hydrogen-bond donors (Lipinski definition) is 0. The highest BCUT2D eigenvalue weighted by atomic mass is 35.5. The van der Waals surface area contributed by atoms with Gasteiger partial charge in [-0.3, -0.25) is 9.69 Å². The number of aromatic nitrogens is 3. The monoisotopic (exact) mass is 526 g/mol. The Bertz CT molecular complexity index is 1450. The zero-order valence-corrected chi connectivity index (χ0v) is 21.4. The molecule has 180 valence electrons. The van der Waals surface area contributed by atoms with E-state index in [2.05, 4.69) is 4.98 Å². The molecule has 9 heteroatoms. The fourth-order valence-corrected chi connectivity index (χ4v) is 5.36. The first-order valence-electron chi connectivity index (χ1n) is 11.0. The number of amides is 1. The van der Waals surface area contributed by atoms with E-state index in [-0.39, 0.29) is 24.9 Å². The van der Waals surface area contributed by atoms with Crippen molar-refractivity contribution < 1.29 is 9.53 Å². The number of carbonyl (C=O) groups is 1. The highest BCUT2D eigenvalue weighted by Gasteiger charge is 2.21. The molecule has 0 aliphatic rings. The van der Waals surface area contributed by atoms with Crippen molar-refractivity contribution in [3.63, 3.8) is 0 Å². The number of fused-ring (bicyclic) bond motifs is 2. The van der Waals surface area contributed by atoms with Gasteiger partial charge in [-0.1, -0.05) is 53.3 Å². The van der Waals surface area contributed by atoms with Crippen LogP contribution >= 0.6 is 35.3 Å². The van der Waals surface area contributed by atoms with E-state index >= 15 is 0 Å². The summed E-state index contributed by atoms with van der Waals surface area (Å²) in [6.07, 6.45) is 6.20. The number of halogens is 2. The van der Waals surface area contributed by atoms with Crippen molar-refractivity contribution in [1.82, 2.24) is 14.5 Å². The zero-order valence-electron chi connectivity index (χ0n) is 19.1. The Morgan fingerprint density at radius 2 is 1.97 bits per heavy atom. The van der Waals surface area contributed by atoms with Crippen molar-refractivity contribution in [3.05, 3.63) is 83.9 Å². The molecule has 2 aromatic heterocycles. The summed E-state index contributed by atoms with van der Waals surface area (Å²) in [5, 5.41) is 3.52. The minimum absolute atomic E-state index is 0. The van der Waals surface area contributed by atoms with Gasteiger partial charge in [-0.15, -0.1) is 12.4 Å². The Labute approximate surface area is 218 Å². The lowest BCUT2D eigenvalue weighted by Gasteiger charge is -2.20. The van der Waals surface area contributed by atoms with E-state index in [0.717, 1.165) is 39.5 Å². The number of rotatable bonds is 8.